The van der Waals surface area contributed by atoms with Crippen molar-refractivity contribution in [1.29, 1.82) is 0 Å². The smallest absolute Gasteiger partial charge is 0.133 e. The molecule has 0 aromatic heterocycles. The molecule has 0 heterocycles. The lowest BCUT2D eigenvalue weighted by Crippen LogP contribution is -2.12. The van der Waals surface area contributed by atoms with Gasteiger partial charge in [-0.3, -0.25) is 0 Å². The summed E-state index contributed by atoms with van der Waals surface area (Å²) in [4.78, 5) is 0. The SMILES string of the molecule is CCNCc1ccc(Br)cc1Oc1ccc(Br)c(C)c1. The minimum absolute atomic E-state index is 0.800. The Balaban J connectivity index is 2.26. The number of ether oxygens (including phenoxy) is 1. The van der Waals surface area contributed by atoms with E-state index in [-0.39, 0.29) is 0 Å². The third-order valence-electron chi connectivity index (χ3n) is 2.95. The van der Waals surface area contributed by atoms with E-state index in [0.717, 1.165) is 44.7 Å². The Morgan fingerprint density at radius 2 is 1.90 bits per heavy atom. The second-order valence-electron chi connectivity index (χ2n) is 4.55. The van der Waals surface area contributed by atoms with Crippen LogP contribution in [0.1, 0.15) is 18.1 Å². The summed E-state index contributed by atoms with van der Waals surface area (Å²) in [5.41, 5.74) is 2.31. The number of rotatable bonds is 5. The number of halogens is 2. The molecular formula is C16H17Br2NO. The van der Waals surface area contributed by atoms with Crippen LogP contribution in [0.3, 0.4) is 0 Å². The first-order valence-electron chi connectivity index (χ1n) is 6.53. The van der Waals surface area contributed by atoms with Crippen LogP contribution in [0.5, 0.6) is 11.5 Å². The van der Waals surface area contributed by atoms with Crippen LogP contribution >= 0.6 is 31.9 Å². The van der Waals surface area contributed by atoms with Crippen LogP contribution < -0.4 is 10.1 Å². The average Bonchev–Trinajstić information content (AvgIpc) is 2.42. The van der Waals surface area contributed by atoms with Gasteiger partial charge in [-0.2, -0.15) is 0 Å². The van der Waals surface area contributed by atoms with Crippen molar-refractivity contribution >= 4 is 31.9 Å². The van der Waals surface area contributed by atoms with E-state index in [4.69, 9.17) is 4.74 Å². The average molecular weight is 399 g/mol. The fourth-order valence-corrected chi connectivity index (χ4v) is 2.42. The van der Waals surface area contributed by atoms with Crippen molar-refractivity contribution in [2.24, 2.45) is 0 Å². The van der Waals surface area contributed by atoms with E-state index in [1.165, 1.54) is 0 Å². The van der Waals surface area contributed by atoms with E-state index in [9.17, 15) is 0 Å². The maximum absolute atomic E-state index is 6.03. The summed E-state index contributed by atoms with van der Waals surface area (Å²) in [5, 5.41) is 3.33. The normalized spacial score (nSPS) is 10.6. The zero-order valence-electron chi connectivity index (χ0n) is 11.5. The van der Waals surface area contributed by atoms with Crippen LogP contribution in [0.25, 0.3) is 0 Å². The Bertz CT molecular complexity index is 599. The minimum Gasteiger partial charge on any atom is -0.457 e. The zero-order valence-corrected chi connectivity index (χ0v) is 14.7. The number of hydrogen-bond donors (Lipinski definition) is 1. The van der Waals surface area contributed by atoms with Crippen LogP contribution in [-0.4, -0.2) is 6.54 Å². The molecule has 2 aromatic rings. The fraction of sp³-hybridized carbons (Fsp3) is 0.250. The third-order valence-corrected chi connectivity index (χ3v) is 4.33. The highest BCUT2D eigenvalue weighted by molar-refractivity contribution is 9.10. The molecule has 0 saturated heterocycles. The lowest BCUT2D eigenvalue weighted by Gasteiger charge is -2.13. The van der Waals surface area contributed by atoms with Gasteiger partial charge in [-0.1, -0.05) is 44.8 Å². The van der Waals surface area contributed by atoms with Gasteiger partial charge in [-0.15, -0.1) is 0 Å². The van der Waals surface area contributed by atoms with Crippen molar-refractivity contribution in [1.82, 2.24) is 5.32 Å². The highest BCUT2D eigenvalue weighted by atomic mass is 79.9. The number of benzene rings is 2. The van der Waals surface area contributed by atoms with Crippen LogP contribution in [0, 0.1) is 6.92 Å². The van der Waals surface area contributed by atoms with Gasteiger partial charge < -0.3 is 10.1 Å². The molecule has 2 nitrogen and oxygen atoms in total. The monoisotopic (exact) mass is 397 g/mol. The van der Waals surface area contributed by atoms with Crippen molar-refractivity contribution in [2.45, 2.75) is 20.4 Å². The topological polar surface area (TPSA) is 21.3 Å². The molecule has 2 aromatic carbocycles. The quantitative estimate of drug-likeness (QED) is 0.725. The van der Waals surface area contributed by atoms with Crippen molar-refractivity contribution in [3.8, 4) is 11.5 Å². The van der Waals surface area contributed by atoms with Gasteiger partial charge in [0.25, 0.3) is 0 Å². The third kappa shape index (κ3) is 4.08. The van der Waals surface area contributed by atoms with Gasteiger partial charge in [0.05, 0.1) is 0 Å². The van der Waals surface area contributed by atoms with Gasteiger partial charge in [0, 0.05) is 21.1 Å². The minimum atomic E-state index is 0.800. The molecule has 20 heavy (non-hydrogen) atoms. The Kier molecular flexibility index (Phi) is 5.64. The first kappa shape index (κ1) is 15.5. The number of aryl methyl sites for hydroxylation is 1. The van der Waals surface area contributed by atoms with Gasteiger partial charge in [0.1, 0.15) is 11.5 Å². The van der Waals surface area contributed by atoms with Crippen molar-refractivity contribution in [3.63, 3.8) is 0 Å². The largest absolute Gasteiger partial charge is 0.457 e. The molecule has 0 bridgehead atoms. The summed E-state index contributed by atoms with van der Waals surface area (Å²) in [5.74, 6) is 1.73. The van der Waals surface area contributed by atoms with Gasteiger partial charge in [-0.05, 0) is 49.4 Å². The first-order valence-corrected chi connectivity index (χ1v) is 8.12. The summed E-state index contributed by atoms with van der Waals surface area (Å²) < 4.78 is 8.14. The number of hydrogen-bond acceptors (Lipinski definition) is 2. The van der Waals surface area contributed by atoms with E-state index in [1.54, 1.807) is 0 Å². The molecule has 0 fully saturated rings. The molecule has 106 valence electrons. The van der Waals surface area contributed by atoms with Crippen LogP contribution in [0.15, 0.2) is 45.3 Å². The molecule has 0 unspecified atom stereocenters. The van der Waals surface area contributed by atoms with Crippen LogP contribution in [0.4, 0.5) is 0 Å². The van der Waals surface area contributed by atoms with Gasteiger partial charge in [-0.25, -0.2) is 0 Å². The molecule has 0 aliphatic rings. The van der Waals surface area contributed by atoms with E-state index < -0.39 is 0 Å². The van der Waals surface area contributed by atoms with E-state index >= 15 is 0 Å². The van der Waals surface area contributed by atoms with Gasteiger partial charge in [0.2, 0.25) is 0 Å². The van der Waals surface area contributed by atoms with E-state index in [1.807, 2.05) is 30.3 Å². The van der Waals surface area contributed by atoms with Gasteiger partial charge >= 0.3 is 0 Å². The number of nitrogens with one attached hydrogen (secondary N) is 1. The predicted molar refractivity (Wildman–Crippen MR) is 90.5 cm³/mol. The summed E-state index contributed by atoms with van der Waals surface area (Å²) >= 11 is 7.00. The fourth-order valence-electron chi connectivity index (χ4n) is 1.84. The molecule has 2 rings (SSSR count). The lowest BCUT2D eigenvalue weighted by atomic mass is 10.2. The van der Waals surface area contributed by atoms with Crippen molar-refractivity contribution in [3.05, 3.63) is 56.5 Å². The molecule has 0 saturated carbocycles. The lowest BCUT2D eigenvalue weighted by molar-refractivity contribution is 0.472. The molecule has 0 radical (unpaired) electrons. The van der Waals surface area contributed by atoms with Crippen LogP contribution in [0.2, 0.25) is 0 Å². The van der Waals surface area contributed by atoms with Gasteiger partial charge in [0.15, 0.2) is 0 Å². The van der Waals surface area contributed by atoms with E-state index in [0.29, 0.717) is 0 Å². The summed E-state index contributed by atoms with van der Waals surface area (Å²) in [6.45, 7) is 5.89. The standard InChI is InChI=1S/C16H17Br2NO/c1-3-19-10-12-4-5-13(17)9-16(12)20-14-6-7-15(18)11(2)8-14/h4-9,19H,3,10H2,1-2H3. The Morgan fingerprint density at radius 3 is 2.60 bits per heavy atom. The maximum Gasteiger partial charge on any atom is 0.133 e. The Morgan fingerprint density at radius 1 is 1.10 bits per heavy atom. The summed E-state index contributed by atoms with van der Waals surface area (Å²) in [7, 11) is 0. The van der Waals surface area contributed by atoms with E-state index in [2.05, 4.69) is 57.1 Å². The highest BCUT2D eigenvalue weighted by Crippen LogP contribution is 2.30. The predicted octanol–water partition coefficient (Wildman–Crippen LogP) is 5.42. The molecule has 0 aliphatic heterocycles. The van der Waals surface area contributed by atoms with Crippen molar-refractivity contribution in [2.75, 3.05) is 6.54 Å². The molecule has 1 N–H and O–H groups in total. The van der Waals surface area contributed by atoms with Crippen LogP contribution in [-0.2, 0) is 6.54 Å². The second-order valence-corrected chi connectivity index (χ2v) is 6.32. The molecule has 0 atom stereocenters. The molecular weight excluding hydrogens is 382 g/mol. The van der Waals surface area contributed by atoms with Crippen molar-refractivity contribution < 1.29 is 4.74 Å². The first-order chi connectivity index (χ1) is 9.60. The summed E-state index contributed by atoms with van der Waals surface area (Å²) in [6, 6.07) is 12.1. The molecule has 0 aliphatic carbocycles. The molecule has 0 amide bonds. The molecule has 4 heteroatoms. The molecule has 0 spiro atoms. The Labute approximate surface area is 136 Å². The highest BCUT2D eigenvalue weighted by Gasteiger charge is 2.07. The maximum atomic E-state index is 6.03. The summed E-state index contributed by atoms with van der Waals surface area (Å²) in [6.07, 6.45) is 0. The Hall–Kier alpha value is -0.840. The second kappa shape index (κ2) is 7.25. The zero-order chi connectivity index (χ0) is 14.5.